The zero-order valence-corrected chi connectivity index (χ0v) is 13.5. The van der Waals surface area contributed by atoms with E-state index in [2.05, 4.69) is 15.3 Å². The summed E-state index contributed by atoms with van der Waals surface area (Å²) >= 11 is 0. The number of hydrogen-bond donors (Lipinski definition) is 2. The molecule has 0 spiro atoms. The molecule has 4 rings (SSSR count). The van der Waals surface area contributed by atoms with Crippen LogP contribution < -0.4 is 5.32 Å². The number of carbonyl (C=O) groups is 1. The van der Waals surface area contributed by atoms with Crippen LogP contribution in [0.5, 0.6) is 0 Å². The zero-order chi connectivity index (χ0) is 17.4. The number of carboxylic acids is 1. The first kappa shape index (κ1) is 15.1. The lowest BCUT2D eigenvalue weighted by Gasteiger charge is -2.12. The number of carboxylic acid groups (broad SMARTS) is 1. The fourth-order valence-corrected chi connectivity index (χ4v) is 2.85. The van der Waals surface area contributed by atoms with Crippen molar-refractivity contribution < 1.29 is 9.90 Å². The van der Waals surface area contributed by atoms with Crippen molar-refractivity contribution in [3.8, 4) is 0 Å². The molecule has 0 aliphatic carbocycles. The molecule has 0 saturated heterocycles. The van der Waals surface area contributed by atoms with Gasteiger partial charge in [0.2, 0.25) is 0 Å². The lowest BCUT2D eigenvalue weighted by atomic mass is 10.1. The van der Waals surface area contributed by atoms with Crippen LogP contribution >= 0.6 is 0 Å². The molecule has 0 aliphatic rings. The van der Waals surface area contributed by atoms with Gasteiger partial charge in [-0.3, -0.25) is 4.98 Å². The minimum Gasteiger partial charge on any atom is -0.478 e. The van der Waals surface area contributed by atoms with Gasteiger partial charge in [0.25, 0.3) is 0 Å². The molecule has 0 bridgehead atoms. The van der Waals surface area contributed by atoms with Crippen LogP contribution in [0.1, 0.15) is 15.9 Å². The van der Waals surface area contributed by atoms with Crippen molar-refractivity contribution in [3.05, 3.63) is 72.1 Å². The monoisotopic (exact) mass is 329 g/mol. The lowest BCUT2D eigenvalue weighted by Crippen LogP contribution is -1.99. The second-order valence-electron chi connectivity index (χ2n) is 5.91. The summed E-state index contributed by atoms with van der Waals surface area (Å²) in [5.41, 5.74) is 2.93. The Bertz CT molecular complexity index is 1110. The van der Waals surface area contributed by atoms with Gasteiger partial charge in [0.05, 0.1) is 11.1 Å². The molecule has 2 aromatic heterocycles. The number of rotatable bonds is 3. The molecule has 5 heteroatoms. The van der Waals surface area contributed by atoms with Gasteiger partial charge in [0.1, 0.15) is 5.82 Å². The second kappa shape index (κ2) is 5.87. The van der Waals surface area contributed by atoms with E-state index >= 15 is 0 Å². The molecule has 0 aliphatic heterocycles. The third-order valence-corrected chi connectivity index (χ3v) is 4.16. The van der Waals surface area contributed by atoms with Crippen molar-refractivity contribution in [2.75, 3.05) is 5.32 Å². The van der Waals surface area contributed by atoms with Crippen LogP contribution in [0.2, 0.25) is 0 Å². The maximum Gasteiger partial charge on any atom is 0.335 e. The highest BCUT2D eigenvalue weighted by atomic mass is 16.4. The van der Waals surface area contributed by atoms with Gasteiger partial charge in [-0.1, -0.05) is 23.8 Å². The summed E-state index contributed by atoms with van der Waals surface area (Å²) in [6.45, 7) is 2.03. The minimum absolute atomic E-state index is 0.213. The number of anilines is 2. The molecule has 2 aromatic carbocycles. The number of hydrogen-bond acceptors (Lipinski definition) is 4. The van der Waals surface area contributed by atoms with Gasteiger partial charge < -0.3 is 10.4 Å². The van der Waals surface area contributed by atoms with E-state index in [1.165, 1.54) is 5.56 Å². The van der Waals surface area contributed by atoms with Gasteiger partial charge in [0, 0.05) is 34.2 Å². The molecule has 25 heavy (non-hydrogen) atoms. The Morgan fingerprint density at radius 3 is 2.56 bits per heavy atom. The van der Waals surface area contributed by atoms with E-state index in [1.54, 1.807) is 30.6 Å². The largest absolute Gasteiger partial charge is 0.478 e. The third-order valence-electron chi connectivity index (χ3n) is 4.16. The molecule has 5 nitrogen and oxygen atoms in total. The number of nitrogens with zero attached hydrogens (tertiary/aromatic N) is 2. The smallest absolute Gasteiger partial charge is 0.335 e. The first-order valence-electron chi connectivity index (χ1n) is 7.86. The maximum atomic E-state index is 11.3. The fraction of sp³-hybridized carbons (Fsp3) is 0.0500. The van der Waals surface area contributed by atoms with E-state index in [-0.39, 0.29) is 5.56 Å². The van der Waals surface area contributed by atoms with Gasteiger partial charge in [-0.25, -0.2) is 9.78 Å². The number of aryl methyl sites for hydroxylation is 1. The van der Waals surface area contributed by atoms with Crippen molar-refractivity contribution in [2.45, 2.75) is 6.92 Å². The predicted molar refractivity (Wildman–Crippen MR) is 98.5 cm³/mol. The van der Waals surface area contributed by atoms with Crippen LogP contribution in [0.3, 0.4) is 0 Å². The molecule has 0 unspecified atom stereocenters. The summed E-state index contributed by atoms with van der Waals surface area (Å²) in [5, 5.41) is 15.3. The summed E-state index contributed by atoms with van der Waals surface area (Å²) in [5.74, 6) is -0.292. The van der Waals surface area contributed by atoms with Crippen molar-refractivity contribution in [1.82, 2.24) is 9.97 Å². The van der Waals surface area contributed by atoms with Crippen molar-refractivity contribution in [2.24, 2.45) is 0 Å². The van der Waals surface area contributed by atoms with E-state index in [1.807, 2.05) is 37.3 Å². The molecular weight excluding hydrogens is 314 g/mol. The highest BCUT2D eigenvalue weighted by molar-refractivity contribution is 6.11. The molecule has 4 aromatic rings. The van der Waals surface area contributed by atoms with Gasteiger partial charge in [0.15, 0.2) is 0 Å². The van der Waals surface area contributed by atoms with Crippen LogP contribution in [0.15, 0.2) is 60.9 Å². The molecule has 0 saturated carbocycles. The third kappa shape index (κ3) is 2.76. The Kier molecular flexibility index (Phi) is 3.54. The summed E-state index contributed by atoms with van der Waals surface area (Å²) in [4.78, 5) is 20.1. The summed E-state index contributed by atoms with van der Waals surface area (Å²) in [7, 11) is 0. The number of fused-ring (bicyclic) bond motifs is 3. The van der Waals surface area contributed by atoms with E-state index in [9.17, 15) is 9.90 Å². The number of nitrogens with one attached hydrogen (secondary N) is 1. The van der Waals surface area contributed by atoms with Gasteiger partial charge >= 0.3 is 5.97 Å². The molecule has 2 heterocycles. The van der Waals surface area contributed by atoms with Gasteiger partial charge in [-0.2, -0.15) is 0 Å². The zero-order valence-electron chi connectivity index (χ0n) is 13.5. The van der Waals surface area contributed by atoms with Crippen LogP contribution in [0.25, 0.3) is 21.7 Å². The Balaban J connectivity index is 1.94. The van der Waals surface area contributed by atoms with Crippen molar-refractivity contribution in [1.29, 1.82) is 0 Å². The molecular formula is C20H15N3O2. The first-order chi connectivity index (χ1) is 12.1. The molecule has 0 radical (unpaired) electrons. The average molecular weight is 329 g/mol. The fourth-order valence-electron chi connectivity index (χ4n) is 2.85. The van der Waals surface area contributed by atoms with Crippen molar-refractivity contribution >= 4 is 39.1 Å². The van der Waals surface area contributed by atoms with Crippen LogP contribution in [-0.2, 0) is 0 Å². The Hall–Kier alpha value is -3.47. The van der Waals surface area contributed by atoms with Crippen LogP contribution in [0, 0.1) is 6.92 Å². The predicted octanol–water partition coefficient (Wildman–Crippen LogP) is 4.53. The quantitative estimate of drug-likeness (QED) is 0.540. The summed E-state index contributed by atoms with van der Waals surface area (Å²) in [6.07, 6.45) is 3.50. The van der Waals surface area contributed by atoms with Gasteiger partial charge in [-0.05, 0) is 37.3 Å². The minimum atomic E-state index is -0.969. The topological polar surface area (TPSA) is 75.1 Å². The summed E-state index contributed by atoms with van der Waals surface area (Å²) < 4.78 is 0. The first-order valence-corrected chi connectivity index (χ1v) is 7.86. The van der Waals surface area contributed by atoms with E-state index in [0.717, 1.165) is 21.8 Å². The lowest BCUT2D eigenvalue weighted by molar-refractivity contribution is 0.0697. The molecule has 122 valence electrons. The normalized spacial score (nSPS) is 10.9. The SMILES string of the molecule is Cc1ccc(Nc2nc3cc(C(=O)O)ccc3c3cnccc23)cc1. The molecule has 2 N–H and O–H groups in total. The standard InChI is InChI=1S/C20H15N3O2/c1-12-2-5-14(6-3-12)22-19-16-8-9-21-11-17(16)15-7-4-13(20(24)25)10-18(15)23-19/h2-11H,1H3,(H,22,23)(H,24,25). The maximum absolute atomic E-state index is 11.3. The Morgan fingerprint density at radius 1 is 1.00 bits per heavy atom. The Morgan fingerprint density at radius 2 is 1.80 bits per heavy atom. The van der Waals surface area contributed by atoms with Gasteiger partial charge in [-0.15, -0.1) is 0 Å². The van der Waals surface area contributed by atoms with Crippen molar-refractivity contribution in [3.63, 3.8) is 0 Å². The molecule has 0 amide bonds. The van der Waals surface area contributed by atoms with Crippen LogP contribution in [0.4, 0.5) is 11.5 Å². The Labute approximate surface area is 144 Å². The second-order valence-corrected chi connectivity index (χ2v) is 5.91. The number of aromatic carboxylic acids is 1. The summed E-state index contributed by atoms with van der Waals surface area (Å²) in [6, 6.07) is 14.9. The van der Waals surface area contributed by atoms with E-state index < -0.39 is 5.97 Å². The molecule has 0 atom stereocenters. The highest BCUT2D eigenvalue weighted by Crippen LogP contribution is 2.31. The van der Waals surface area contributed by atoms with E-state index in [4.69, 9.17) is 0 Å². The number of benzene rings is 2. The number of aromatic nitrogens is 2. The number of pyridine rings is 2. The molecule has 0 fully saturated rings. The van der Waals surface area contributed by atoms with E-state index in [0.29, 0.717) is 11.3 Å². The average Bonchev–Trinajstić information content (AvgIpc) is 2.63. The highest BCUT2D eigenvalue weighted by Gasteiger charge is 2.11. The van der Waals surface area contributed by atoms with Crippen LogP contribution in [-0.4, -0.2) is 21.0 Å².